The quantitative estimate of drug-likeness (QED) is 0.622. The summed E-state index contributed by atoms with van der Waals surface area (Å²) in [5.41, 5.74) is 2.88. The molecule has 1 radical (unpaired) electrons. The second kappa shape index (κ2) is 4.18. The monoisotopic (exact) mass is 191 g/mol. The summed E-state index contributed by atoms with van der Waals surface area (Å²) in [6, 6.07) is 0. The van der Waals surface area contributed by atoms with Gasteiger partial charge >= 0.3 is 0 Å². The van der Waals surface area contributed by atoms with Gasteiger partial charge in [0.1, 0.15) is 0 Å². The van der Waals surface area contributed by atoms with Crippen molar-refractivity contribution in [1.29, 1.82) is 0 Å². The molecule has 0 bridgehead atoms. The molecule has 14 heavy (non-hydrogen) atoms. The minimum atomic E-state index is 1.10. The van der Waals surface area contributed by atoms with E-state index in [9.17, 15) is 0 Å². The van der Waals surface area contributed by atoms with Crippen molar-refractivity contribution in [2.24, 2.45) is 0 Å². The average Bonchev–Trinajstić information content (AvgIpc) is 2.20. The largest absolute Gasteiger partial charge is 0.369 e. The van der Waals surface area contributed by atoms with Gasteiger partial charge < -0.3 is 9.80 Å². The molecule has 1 heterocycles. The molecule has 0 saturated carbocycles. The highest BCUT2D eigenvalue weighted by molar-refractivity contribution is 5.34. The first-order chi connectivity index (χ1) is 6.77. The lowest BCUT2D eigenvalue weighted by molar-refractivity contribution is 0.188. The maximum atomic E-state index is 2.51. The van der Waals surface area contributed by atoms with Crippen LogP contribution < -0.4 is 0 Å². The normalized spacial score (nSPS) is 24.6. The van der Waals surface area contributed by atoms with Crippen molar-refractivity contribution in [3.8, 4) is 0 Å². The lowest BCUT2D eigenvalue weighted by Gasteiger charge is -2.36. The van der Waals surface area contributed by atoms with E-state index in [2.05, 4.69) is 42.3 Å². The second-order valence-electron chi connectivity index (χ2n) is 4.20. The van der Waals surface area contributed by atoms with E-state index in [4.69, 9.17) is 0 Å². The van der Waals surface area contributed by atoms with Crippen molar-refractivity contribution in [2.45, 2.75) is 13.3 Å². The van der Waals surface area contributed by atoms with Gasteiger partial charge in [-0.1, -0.05) is 12.2 Å². The van der Waals surface area contributed by atoms with Crippen molar-refractivity contribution >= 4 is 0 Å². The molecule has 0 aromatic carbocycles. The van der Waals surface area contributed by atoms with Gasteiger partial charge in [-0.15, -0.1) is 0 Å². The summed E-state index contributed by atoms with van der Waals surface area (Å²) in [6.07, 6.45) is 7.92. The van der Waals surface area contributed by atoms with Crippen molar-refractivity contribution in [3.05, 3.63) is 29.8 Å². The topological polar surface area (TPSA) is 6.48 Å². The number of allylic oxidation sites excluding steroid dienone is 3. The molecule has 0 N–H and O–H groups in total. The molecule has 2 aliphatic rings. The highest BCUT2D eigenvalue weighted by Gasteiger charge is 2.17. The molecule has 1 saturated heterocycles. The molecular formula is C12H19N2. The van der Waals surface area contributed by atoms with Gasteiger partial charge in [0, 0.05) is 31.9 Å². The van der Waals surface area contributed by atoms with Gasteiger partial charge in [-0.05, 0) is 32.4 Å². The van der Waals surface area contributed by atoms with Crippen LogP contribution in [0, 0.1) is 6.42 Å². The summed E-state index contributed by atoms with van der Waals surface area (Å²) in [6.45, 7) is 6.93. The van der Waals surface area contributed by atoms with Gasteiger partial charge in [0.25, 0.3) is 0 Å². The van der Waals surface area contributed by atoms with E-state index < -0.39 is 0 Å². The van der Waals surface area contributed by atoms with E-state index >= 15 is 0 Å². The molecule has 77 valence electrons. The predicted molar refractivity (Wildman–Crippen MR) is 59.8 cm³/mol. The molecule has 1 aliphatic carbocycles. The first-order valence-electron chi connectivity index (χ1n) is 5.41. The third kappa shape index (κ3) is 2.01. The summed E-state index contributed by atoms with van der Waals surface area (Å²) in [4.78, 5) is 4.91. The van der Waals surface area contributed by atoms with Crippen LogP contribution in [0.25, 0.3) is 0 Å². The minimum absolute atomic E-state index is 1.10. The fourth-order valence-electron chi connectivity index (χ4n) is 2.10. The fraction of sp³-hybridized carbons (Fsp3) is 0.583. The molecule has 0 aromatic rings. The Balaban J connectivity index is 2.01. The molecule has 0 atom stereocenters. The third-order valence-corrected chi connectivity index (χ3v) is 3.06. The van der Waals surface area contributed by atoms with Crippen LogP contribution in [0.1, 0.15) is 13.3 Å². The number of hydrogen-bond acceptors (Lipinski definition) is 2. The summed E-state index contributed by atoms with van der Waals surface area (Å²) in [5, 5.41) is 0. The van der Waals surface area contributed by atoms with Crippen molar-refractivity contribution < 1.29 is 0 Å². The lowest BCUT2D eigenvalue weighted by atomic mass is 10.0. The van der Waals surface area contributed by atoms with Crippen molar-refractivity contribution in [2.75, 3.05) is 33.2 Å². The summed E-state index contributed by atoms with van der Waals surface area (Å²) >= 11 is 0. The number of likely N-dealkylation sites (N-methyl/N-ethyl adjacent to an activating group) is 1. The van der Waals surface area contributed by atoms with Gasteiger partial charge in [-0.3, -0.25) is 0 Å². The number of rotatable bonds is 1. The van der Waals surface area contributed by atoms with E-state index in [-0.39, 0.29) is 0 Å². The van der Waals surface area contributed by atoms with E-state index in [0.29, 0.717) is 0 Å². The molecule has 2 heteroatoms. The zero-order chi connectivity index (χ0) is 9.97. The Morgan fingerprint density at radius 2 is 1.86 bits per heavy atom. The molecule has 1 fully saturated rings. The van der Waals surface area contributed by atoms with Crippen LogP contribution >= 0.6 is 0 Å². The van der Waals surface area contributed by atoms with Gasteiger partial charge in [-0.2, -0.15) is 0 Å². The smallest absolute Gasteiger partial charge is 0.0353 e. The van der Waals surface area contributed by atoms with E-state index in [1.807, 2.05) is 0 Å². The van der Waals surface area contributed by atoms with Crippen LogP contribution in [0.2, 0.25) is 0 Å². The van der Waals surface area contributed by atoms with Crippen molar-refractivity contribution in [1.82, 2.24) is 9.80 Å². The fourth-order valence-corrected chi connectivity index (χ4v) is 2.10. The van der Waals surface area contributed by atoms with Crippen LogP contribution in [0.15, 0.2) is 23.4 Å². The Hall–Kier alpha value is -0.760. The van der Waals surface area contributed by atoms with Gasteiger partial charge in [0.2, 0.25) is 0 Å². The average molecular weight is 191 g/mol. The molecule has 0 aromatic heterocycles. The van der Waals surface area contributed by atoms with Gasteiger partial charge in [-0.25, -0.2) is 0 Å². The molecule has 0 unspecified atom stereocenters. The second-order valence-corrected chi connectivity index (χ2v) is 4.20. The predicted octanol–water partition coefficient (Wildman–Crippen LogP) is 1.67. The number of nitrogens with zero attached hydrogens (tertiary/aromatic N) is 2. The third-order valence-electron chi connectivity index (χ3n) is 3.06. The highest BCUT2D eigenvalue weighted by atomic mass is 15.2. The maximum absolute atomic E-state index is 2.51. The van der Waals surface area contributed by atoms with Crippen LogP contribution in [-0.4, -0.2) is 43.0 Å². The van der Waals surface area contributed by atoms with Gasteiger partial charge in [0.15, 0.2) is 0 Å². The summed E-state index contributed by atoms with van der Waals surface area (Å²) in [7, 11) is 2.20. The molecule has 0 spiro atoms. The Bertz CT molecular complexity index is 257. The summed E-state index contributed by atoms with van der Waals surface area (Å²) < 4.78 is 0. The van der Waals surface area contributed by atoms with Crippen LogP contribution in [-0.2, 0) is 0 Å². The van der Waals surface area contributed by atoms with E-state index in [1.54, 1.807) is 0 Å². The Morgan fingerprint density at radius 1 is 1.14 bits per heavy atom. The zero-order valence-electron chi connectivity index (χ0n) is 9.16. The Kier molecular flexibility index (Phi) is 2.92. The standard InChI is InChI=1S/C12H19N2/c1-11-5-3-4-6-12(11)14-9-7-13(2)8-10-14/h3,5-6H,4,7-10H2,1-2H3. The van der Waals surface area contributed by atoms with E-state index in [0.717, 1.165) is 6.42 Å². The number of piperazine rings is 1. The maximum Gasteiger partial charge on any atom is 0.0353 e. The SMILES string of the molecule is CC1=C[CH]CC=C1N1CCN(C)CC1. The zero-order valence-corrected chi connectivity index (χ0v) is 9.16. The van der Waals surface area contributed by atoms with E-state index in [1.165, 1.54) is 37.4 Å². The molecule has 0 amide bonds. The lowest BCUT2D eigenvalue weighted by Crippen LogP contribution is -2.44. The minimum Gasteiger partial charge on any atom is -0.369 e. The molecule has 1 aliphatic heterocycles. The highest BCUT2D eigenvalue weighted by Crippen LogP contribution is 2.22. The molecule has 2 rings (SSSR count). The van der Waals surface area contributed by atoms with Crippen LogP contribution in [0.4, 0.5) is 0 Å². The Morgan fingerprint density at radius 3 is 2.50 bits per heavy atom. The molecular weight excluding hydrogens is 172 g/mol. The summed E-state index contributed by atoms with van der Waals surface area (Å²) in [5.74, 6) is 0. The van der Waals surface area contributed by atoms with Crippen molar-refractivity contribution in [3.63, 3.8) is 0 Å². The molecule has 2 nitrogen and oxygen atoms in total. The van der Waals surface area contributed by atoms with Crippen LogP contribution in [0.3, 0.4) is 0 Å². The first-order valence-corrected chi connectivity index (χ1v) is 5.41. The first kappa shape index (κ1) is 9.78. The number of hydrogen-bond donors (Lipinski definition) is 0. The van der Waals surface area contributed by atoms with Gasteiger partial charge in [0.05, 0.1) is 0 Å². The Labute approximate surface area is 86.9 Å². The van der Waals surface area contributed by atoms with Crippen LogP contribution in [0.5, 0.6) is 0 Å².